The number of carbonyl (C=O) groups excluding carboxylic acids is 2. The van der Waals surface area contributed by atoms with E-state index < -0.39 is 5.91 Å². The van der Waals surface area contributed by atoms with E-state index >= 15 is 0 Å². The number of pyridine rings is 2. The van der Waals surface area contributed by atoms with Crippen LogP contribution in [0, 0.1) is 11.8 Å². The summed E-state index contributed by atoms with van der Waals surface area (Å²) in [5, 5.41) is 0. The van der Waals surface area contributed by atoms with Crippen LogP contribution in [0.2, 0.25) is 0 Å². The van der Waals surface area contributed by atoms with Crippen molar-refractivity contribution < 1.29 is 9.59 Å². The molecule has 6 nitrogen and oxygen atoms in total. The molecule has 1 aliphatic carbocycles. The van der Waals surface area contributed by atoms with Crippen molar-refractivity contribution in [2.75, 3.05) is 0 Å². The lowest BCUT2D eigenvalue weighted by Crippen LogP contribution is -2.42. The van der Waals surface area contributed by atoms with Gasteiger partial charge in [-0.05, 0) is 24.5 Å². The van der Waals surface area contributed by atoms with Crippen molar-refractivity contribution in [1.29, 1.82) is 0 Å². The molecule has 1 fully saturated rings. The van der Waals surface area contributed by atoms with Gasteiger partial charge in [0.2, 0.25) is 5.91 Å². The highest BCUT2D eigenvalue weighted by molar-refractivity contribution is 5.94. The minimum atomic E-state index is -0.431. The summed E-state index contributed by atoms with van der Waals surface area (Å²) in [6.07, 6.45) is 5.91. The molecule has 0 bridgehead atoms. The van der Waals surface area contributed by atoms with Gasteiger partial charge in [-0.15, -0.1) is 0 Å². The van der Waals surface area contributed by atoms with Gasteiger partial charge < -0.3 is 0 Å². The fourth-order valence-electron chi connectivity index (χ4n) is 2.19. The highest BCUT2D eigenvalue weighted by Crippen LogP contribution is 2.37. The number of rotatable bonds is 3. The summed E-state index contributed by atoms with van der Waals surface area (Å²) >= 11 is 0. The molecule has 2 heterocycles. The van der Waals surface area contributed by atoms with Gasteiger partial charge in [0.1, 0.15) is 5.69 Å². The predicted octanol–water partition coefficient (Wildman–Crippen LogP) is 1.56. The zero-order chi connectivity index (χ0) is 15.5. The van der Waals surface area contributed by atoms with Crippen LogP contribution in [0.15, 0.2) is 42.9 Å². The predicted molar refractivity (Wildman–Crippen MR) is 80.3 cm³/mol. The second-order valence-corrected chi connectivity index (χ2v) is 5.44. The first-order valence-electron chi connectivity index (χ1n) is 7.12. The zero-order valence-corrected chi connectivity index (χ0v) is 12.1. The van der Waals surface area contributed by atoms with E-state index in [1.165, 1.54) is 0 Å². The summed E-state index contributed by atoms with van der Waals surface area (Å²) < 4.78 is 0. The molecule has 1 aliphatic rings. The van der Waals surface area contributed by atoms with E-state index in [0.717, 1.165) is 17.5 Å². The van der Waals surface area contributed by atoms with Crippen LogP contribution in [0.3, 0.4) is 0 Å². The van der Waals surface area contributed by atoms with E-state index in [-0.39, 0.29) is 17.5 Å². The molecule has 6 heteroatoms. The lowest BCUT2D eigenvalue weighted by atomic mass is 10.1. The number of nitrogens with one attached hydrogen (secondary N) is 2. The average molecular weight is 296 g/mol. The van der Waals surface area contributed by atoms with Gasteiger partial charge in [-0.3, -0.25) is 30.4 Å². The van der Waals surface area contributed by atoms with Gasteiger partial charge in [0, 0.05) is 35.6 Å². The zero-order valence-electron chi connectivity index (χ0n) is 12.1. The molecule has 0 aromatic carbocycles. The lowest BCUT2D eigenvalue weighted by molar-refractivity contribution is -0.123. The highest BCUT2D eigenvalue weighted by Gasteiger charge is 2.39. The van der Waals surface area contributed by atoms with Gasteiger partial charge in [-0.2, -0.15) is 0 Å². The smallest absolute Gasteiger partial charge is 0.273 e. The van der Waals surface area contributed by atoms with Crippen LogP contribution in [-0.2, 0) is 4.79 Å². The molecular formula is C16H16N4O2. The molecule has 1 saturated carbocycles. The normalized spacial score (nSPS) is 19.3. The van der Waals surface area contributed by atoms with Gasteiger partial charge >= 0.3 is 0 Å². The van der Waals surface area contributed by atoms with Crippen LogP contribution >= 0.6 is 0 Å². The Morgan fingerprint density at radius 3 is 2.50 bits per heavy atom. The first-order valence-corrected chi connectivity index (χ1v) is 7.12. The Balaban J connectivity index is 1.60. The first kappa shape index (κ1) is 14.2. The topological polar surface area (TPSA) is 84.0 Å². The minimum Gasteiger partial charge on any atom is -0.273 e. The molecule has 0 spiro atoms. The van der Waals surface area contributed by atoms with Gasteiger partial charge in [-0.1, -0.05) is 19.1 Å². The molecule has 2 atom stereocenters. The van der Waals surface area contributed by atoms with Crippen LogP contribution in [-0.4, -0.2) is 21.8 Å². The molecular weight excluding hydrogens is 280 g/mol. The fraction of sp³-hybridized carbons (Fsp3) is 0.250. The van der Waals surface area contributed by atoms with Crippen LogP contribution in [0.1, 0.15) is 23.8 Å². The van der Waals surface area contributed by atoms with Crippen molar-refractivity contribution >= 4 is 11.8 Å². The standard InChI is InChI=1S/C16H16N4O2/c1-10-7-13(10)15(21)19-20-16(22)14-5-4-12(9-18-14)11-3-2-6-17-8-11/h2-6,8-10,13H,7H2,1H3,(H,19,21)(H,20,22). The minimum absolute atomic E-state index is 0.0150. The lowest BCUT2D eigenvalue weighted by Gasteiger charge is -2.07. The van der Waals surface area contributed by atoms with Crippen molar-refractivity contribution in [2.45, 2.75) is 13.3 Å². The average Bonchev–Trinajstić information content (AvgIpc) is 3.30. The van der Waals surface area contributed by atoms with Crippen molar-refractivity contribution in [1.82, 2.24) is 20.8 Å². The van der Waals surface area contributed by atoms with Gasteiger partial charge in [0.15, 0.2) is 0 Å². The summed E-state index contributed by atoms with van der Waals surface area (Å²) in [7, 11) is 0. The Labute approximate surface area is 128 Å². The third-order valence-corrected chi connectivity index (χ3v) is 3.74. The molecule has 2 aromatic rings. The molecule has 0 aliphatic heterocycles. The first-order chi connectivity index (χ1) is 10.6. The van der Waals surface area contributed by atoms with E-state index in [1.54, 1.807) is 30.7 Å². The van der Waals surface area contributed by atoms with Crippen LogP contribution in [0.5, 0.6) is 0 Å². The number of carbonyl (C=O) groups is 2. The maximum Gasteiger partial charge on any atom is 0.288 e. The van der Waals surface area contributed by atoms with Gasteiger partial charge in [-0.25, -0.2) is 0 Å². The fourth-order valence-corrected chi connectivity index (χ4v) is 2.19. The van der Waals surface area contributed by atoms with Crippen LogP contribution < -0.4 is 10.9 Å². The third kappa shape index (κ3) is 3.11. The molecule has 3 rings (SSSR count). The number of hydrogen-bond acceptors (Lipinski definition) is 4. The Hall–Kier alpha value is -2.76. The molecule has 2 unspecified atom stereocenters. The van der Waals surface area contributed by atoms with Crippen molar-refractivity contribution in [3.63, 3.8) is 0 Å². The Morgan fingerprint density at radius 2 is 1.91 bits per heavy atom. The second-order valence-electron chi connectivity index (χ2n) is 5.44. The summed E-state index contributed by atoms with van der Waals surface area (Å²) in [6, 6.07) is 7.17. The molecule has 0 radical (unpaired) electrons. The van der Waals surface area contributed by atoms with Crippen molar-refractivity contribution in [2.24, 2.45) is 11.8 Å². The van der Waals surface area contributed by atoms with Crippen molar-refractivity contribution in [3.05, 3.63) is 48.5 Å². The Morgan fingerprint density at radius 1 is 1.14 bits per heavy atom. The van der Waals surface area contributed by atoms with Crippen molar-refractivity contribution in [3.8, 4) is 11.1 Å². The van der Waals surface area contributed by atoms with Gasteiger partial charge in [0.25, 0.3) is 5.91 Å². The summed E-state index contributed by atoms with van der Waals surface area (Å²) in [4.78, 5) is 31.7. The second kappa shape index (κ2) is 5.93. The van der Waals surface area contributed by atoms with Crippen LogP contribution in [0.25, 0.3) is 11.1 Å². The largest absolute Gasteiger partial charge is 0.288 e. The maximum absolute atomic E-state index is 11.9. The summed E-state index contributed by atoms with van der Waals surface area (Å²) in [5.41, 5.74) is 6.87. The number of hydrogen-bond donors (Lipinski definition) is 2. The Kier molecular flexibility index (Phi) is 3.82. The van der Waals surface area contributed by atoms with Crippen LogP contribution in [0.4, 0.5) is 0 Å². The summed E-state index contributed by atoms with van der Waals surface area (Å²) in [6.45, 7) is 2.00. The summed E-state index contributed by atoms with van der Waals surface area (Å²) in [5.74, 6) is -0.165. The monoisotopic (exact) mass is 296 g/mol. The quantitative estimate of drug-likeness (QED) is 0.842. The molecule has 22 heavy (non-hydrogen) atoms. The number of hydrazine groups is 1. The number of amides is 2. The SMILES string of the molecule is CC1CC1C(=O)NNC(=O)c1ccc(-c2cccnc2)cn1. The number of aromatic nitrogens is 2. The molecule has 2 N–H and O–H groups in total. The molecule has 0 saturated heterocycles. The third-order valence-electron chi connectivity index (χ3n) is 3.74. The molecule has 2 aromatic heterocycles. The highest BCUT2D eigenvalue weighted by atomic mass is 16.2. The molecule has 2 amide bonds. The van der Waals surface area contributed by atoms with E-state index in [0.29, 0.717) is 5.92 Å². The van der Waals surface area contributed by atoms with E-state index in [9.17, 15) is 9.59 Å². The van der Waals surface area contributed by atoms with E-state index in [1.807, 2.05) is 19.1 Å². The van der Waals surface area contributed by atoms with E-state index in [2.05, 4.69) is 20.8 Å². The van der Waals surface area contributed by atoms with E-state index in [4.69, 9.17) is 0 Å². The van der Waals surface area contributed by atoms with Gasteiger partial charge in [0.05, 0.1) is 0 Å². The molecule has 112 valence electrons. The maximum atomic E-state index is 11.9. The number of nitrogens with zero attached hydrogens (tertiary/aromatic N) is 2. The Bertz CT molecular complexity index is 685.